The fourth-order valence-electron chi connectivity index (χ4n) is 2.98. The third-order valence-electron chi connectivity index (χ3n) is 4.39. The van der Waals surface area contributed by atoms with Crippen molar-refractivity contribution in [2.24, 2.45) is 0 Å². The smallest absolute Gasteiger partial charge is 0.257 e. The Hall–Kier alpha value is -2.62. The number of fused-ring (bicyclic) bond motifs is 1. The predicted molar refractivity (Wildman–Crippen MR) is 121 cm³/mol. The summed E-state index contributed by atoms with van der Waals surface area (Å²) in [5.74, 6) is 0.741. The molecule has 0 radical (unpaired) electrons. The first-order valence-electron chi connectivity index (χ1n) is 8.67. The van der Waals surface area contributed by atoms with E-state index in [0.717, 1.165) is 20.2 Å². The molecule has 0 aliphatic heterocycles. The lowest BCUT2D eigenvalue weighted by Crippen LogP contribution is -2.17. The van der Waals surface area contributed by atoms with Crippen molar-refractivity contribution in [1.29, 1.82) is 0 Å². The molecule has 0 saturated heterocycles. The van der Waals surface area contributed by atoms with E-state index >= 15 is 0 Å². The van der Waals surface area contributed by atoms with Crippen molar-refractivity contribution in [3.05, 3.63) is 57.7 Å². The van der Waals surface area contributed by atoms with E-state index in [1.807, 2.05) is 31.4 Å². The van der Waals surface area contributed by atoms with Crippen LogP contribution < -0.4 is 16.6 Å². The Kier molecular flexibility index (Phi) is 5.44. The summed E-state index contributed by atoms with van der Waals surface area (Å²) in [6.07, 6.45) is 5.45. The van der Waals surface area contributed by atoms with Crippen LogP contribution in [0.1, 0.15) is 18.7 Å². The standard InChI is InChI=1S/C19H17ClN6OS2/c1-9(13-6-10-4-3-5-12(20)15(10)17(27)25-13)24-16-11(7-22-18(21)26-16)14-8-23-19(28-2)29-14/h3-9H,1-2H3,(H,25,27)(H3,21,22,24,26). The van der Waals surface area contributed by atoms with E-state index in [9.17, 15) is 4.79 Å². The number of hydrogen-bond acceptors (Lipinski definition) is 8. The van der Waals surface area contributed by atoms with Crippen molar-refractivity contribution >= 4 is 57.2 Å². The van der Waals surface area contributed by atoms with Crippen LogP contribution in [0.5, 0.6) is 0 Å². The van der Waals surface area contributed by atoms with Gasteiger partial charge in [-0.1, -0.05) is 35.5 Å². The number of nitrogens with two attached hydrogens (primary N) is 1. The SMILES string of the molecule is CSc1ncc(-c2cnc(N)nc2NC(C)c2cc3cccc(Cl)c3c(=O)[nH]2)s1. The Bertz CT molecular complexity index is 1260. The summed E-state index contributed by atoms with van der Waals surface area (Å²) in [5, 5.41) is 5.02. The number of benzene rings is 1. The van der Waals surface area contributed by atoms with E-state index in [1.165, 1.54) is 0 Å². The van der Waals surface area contributed by atoms with Crippen LogP contribution >= 0.6 is 34.7 Å². The van der Waals surface area contributed by atoms with Gasteiger partial charge in [0, 0.05) is 18.1 Å². The lowest BCUT2D eigenvalue weighted by Gasteiger charge is -2.17. The van der Waals surface area contributed by atoms with Gasteiger partial charge in [0.05, 0.1) is 26.9 Å². The summed E-state index contributed by atoms with van der Waals surface area (Å²) in [4.78, 5) is 29.2. The number of anilines is 2. The molecule has 3 heterocycles. The lowest BCUT2D eigenvalue weighted by molar-refractivity contribution is 0.829. The highest BCUT2D eigenvalue weighted by atomic mass is 35.5. The van der Waals surface area contributed by atoms with E-state index in [4.69, 9.17) is 17.3 Å². The summed E-state index contributed by atoms with van der Waals surface area (Å²) < 4.78 is 0.951. The average Bonchev–Trinajstić information content (AvgIpc) is 3.17. The zero-order valence-corrected chi connectivity index (χ0v) is 18.0. The second-order valence-corrected chi connectivity index (χ2v) is 8.80. The van der Waals surface area contributed by atoms with Crippen LogP contribution in [0.15, 0.2) is 45.8 Å². The minimum atomic E-state index is -0.243. The van der Waals surface area contributed by atoms with Crippen molar-refractivity contribution in [3.8, 4) is 10.4 Å². The number of nitrogens with zero attached hydrogens (tertiary/aromatic N) is 3. The van der Waals surface area contributed by atoms with E-state index < -0.39 is 0 Å². The molecule has 4 N–H and O–H groups in total. The van der Waals surface area contributed by atoms with Crippen LogP contribution in [-0.2, 0) is 0 Å². The molecule has 0 bridgehead atoms. The van der Waals surface area contributed by atoms with Gasteiger partial charge in [-0.2, -0.15) is 4.98 Å². The number of hydrogen-bond donors (Lipinski definition) is 3. The normalized spacial score (nSPS) is 12.2. The van der Waals surface area contributed by atoms with Gasteiger partial charge in [-0.15, -0.1) is 11.3 Å². The van der Waals surface area contributed by atoms with Crippen molar-refractivity contribution in [2.75, 3.05) is 17.3 Å². The van der Waals surface area contributed by atoms with Crippen LogP contribution in [-0.4, -0.2) is 26.2 Å². The van der Waals surface area contributed by atoms with Gasteiger partial charge in [0.15, 0.2) is 0 Å². The lowest BCUT2D eigenvalue weighted by atomic mass is 10.1. The van der Waals surface area contributed by atoms with Crippen molar-refractivity contribution in [1.82, 2.24) is 19.9 Å². The molecule has 4 rings (SSSR count). The first-order chi connectivity index (χ1) is 14.0. The topological polar surface area (TPSA) is 110 Å². The summed E-state index contributed by atoms with van der Waals surface area (Å²) in [6, 6.07) is 7.05. The van der Waals surface area contributed by atoms with Crippen LogP contribution in [0, 0.1) is 0 Å². The van der Waals surface area contributed by atoms with Crippen LogP contribution in [0.3, 0.4) is 0 Å². The molecule has 1 aromatic carbocycles. The van der Waals surface area contributed by atoms with Gasteiger partial charge >= 0.3 is 0 Å². The number of aromatic nitrogens is 4. The highest BCUT2D eigenvalue weighted by Gasteiger charge is 2.16. The molecule has 148 valence electrons. The molecular formula is C19H17ClN6OS2. The Morgan fingerprint density at radius 1 is 1.31 bits per heavy atom. The molecule has 7 nitrogen and oxygen atoms in total. The molecule has 1 atom stereocenters. The quantitative estimate of drug-likeness (QED) is 0.386. The molecule has 0 aliphatic carbocycles. The number of nitrogen functional groups attached to an aromatic ring is 1. The van der Waals surface area contributed by atoms with Crippen LogP contribution in [0.4, 0.5) is 11.8 Å². The fraction of sp³-hybridized carbons (Fsp3) is 0.158. The highest BCUT2D eigenvalue weighted by molar-refractivity contribution is 8.00. The van der Waals surface area contributed by atoms with E-state index in [0.29, 0.717) is 21.9 Å². The maximum absolute atomic E-state index is 12.5. The van der Waals surface area contributed by atoms with Gasteiger partial charge in [0.25, 0.3) is 5.56 Å². The Morgan fingerprint density at radius 2 is 2.14 bits per heavy atom. The molecule has 0 amide bonds. The van der Waals surface area contributed by atoms with Gasteiger partial charge in [0.2, 0.25) is 5.95 Å². The third kappa shape index (κ3) is 3.93. The van der Waals surface area contributed by atoms with Gasteiger partial charge in [-0.3, -0.25) is 4.79 Å². The average molecular weight is 445 g/mol. The van der Waals surface area contributed by atoms with Crippen molar-refractivity contribution in [3.63, 3.8) is 0 Å². The minimum Gasteiger partial charge on any atom is -0.368 e. The van der Waals surface area contributed by atoms with Crippen molar-refractivity contribution in [2.45, 2.75) is 17.3 Å². The number of halogens is 1. The Labute approximate surface area is 179 Å². The number of rotatable bonds is 5. The molecule has 1 unspecified atom stereocenters. The fourth-order valence-corrected chi connectivity index (χ4v) is 4.66. The highest BCUT2D eigenvalue weighted by Crippen LogP contribution is 2.35. The number of H-pyrrole nitrogens is 1. The number of thiazole rings is 1. The molecule has 0 aliphatic rings. The van der Waals surface area contributed by atoms with E-state index in [1.54, 1.807) is 41.6 Å². The summed E-state index contributed by atoms with van der Waals surface area (Å²) in [6.45, 7) is 1.93. The molecular weight excluding hydrogens is 428 g/mol. The molecule has 10 heteroatoms. The van der Waals surface area contributed by atoms with E-state index in [-0.39, 0.29) is 17.5 Å². The van der Waals surface area contributed by atoms with Crippen molar-refractivity contribution < 1.29 is 0 Å². The molecule has 0 saturated carbocycles. The maximum Gasteiger partial charge on any atom is 0.257 e. The van der Waals surface area contributed by atoms with Gasteiger partial charge in [-0.05, 0) is 30.7 Å². The van der Waals surface area contributed by atoms with Crippen LogP contribution in [0.25, 0.3) is 21.2 Å². The Balaban J connectivity index is 1.72. The third-order valence-corrected chi connectivity index (χ3v) is 6.74. The maximum atomic E-state index is 12.5. The minimum absolute atomic E-state index is 0.164. The first kappa shape index (κ1) is 19.7. The van der Waals surface area contributed by atoms with E-state index in [2.05, 4.69) is 25.3 Å². The summed E-state index contributed by atoms with van der Waals surface area (Å²) in [7, 11) is 0. The number of pyridine rings is 1. The summed E-state index contributed by atoms with van der Waals surface area (Å²) in [5.41, 5.74) is 7.10. The molecule has 29 heavy (non-hydrogen) atoms. The van der Waals surface area contributed by atoms with Crippen LogP contribution in [0.2, 0.25) is 5.02 Å². The predicted octanol–water partition coefficient (Wildman–Crippen LogP) is 4.57. The molecule has 0 fully saturated rings. The van der Waals surface area contributed by atoms with Gasteiger partial charge < -0.3 is 16.0 Å². The first-order valence-corrected chi connectivity index (χ1v) is 11.1. The Morgan fingerprint density at radius 3 is 2.90 bits per heavy atom. The second kappa shape index (κ2) is 8.02. The number of thioether (sulfide) groups is 1. The largest absolute Gasteiger partial charge is 0.368 e. The zero-order chi connectivity index (χ0) is 20.5. The monoisotopic (exact) mass is 444 g/mol. The zero-order valence-electron chi connectivity index (χ0n) is 15.6. The second-order valence-electron chi connectivity index (χ2n) is 6.31. The number of aromatic amines is 1. The molecule has 3 aromatic heterocycles. The van der Waals surface area contributed by atoms with Gasteiger partial charge in [0.1, 0.15) is 10.2 Å². The van der Waals surface area contributed by atoms with Gasteiger partial charge in [-0.25, -0.2) is 9.97 Å². The molecule has 0 spiro atoms. The number of nitrogens with one attached hydrogen (secondary N) is 2. The molecule has 4 aromatic rings. The summed E-state index contributed by atoms with van der Waals surface area (Å²) >= 11 is 9.30.